The van der Waals surface area contributed by atoms with Crippen molar-refractivity contribution in [3.8, 4) is 5.75 Å². The molecule has 160 valence electrons. The molecule has 10 heteroatoms. The van der Waals surface area contributed by atoms with Crippen LogP contribution in [-0.2, 0) is 10.0 Å². The van der Waals surface area contributed by atoms with E-state index in [2.05, 4.69) is 15.2 Å². The van der Waals surface area contributed by atoms with Gasteiger partial charge in [-0.1, -0.05) is 35.3 Å². The minimum atomic E-state index is -3.90. The first-order valence-corrected chi connectivity index (χ1v) is 11.1. The number of nitrogens with one attached hydrogen (secondary N) is 2. The standard InChI is InChI=1S/C21H17Cl2N3O4S/c1-30-18-9-7-17(8-10-18)26-31(28,29)19-4-2-3-14(11-19)21(27)25-24-13-15-5-6-16(22)12-20(15)23/h2-13,26H,1H3,(H,25,27)/b24-13+. The van der Waals surface area contributed by atoms with Crippen molar-refractivity contribution in [2.45, 2.75) is 4.90 Å². The van der Waals surface area contributed by atoms with Crippen LogP contribution in [0.3, 0.4) is 0 Å². The average Bonchev–Trinajstić information content (AvgIpc) is 2.75. The Hall–Kier alpha value is -3.07. The second-order valence-electron chi connectivity index (χ2n) is 6.23. The number of hydrazone groups is 1. The molecular formula is C21H17Cl2N3O4S. The Morgan fingerprint density at radius 2 is 1.77 bits per heavy atom. The van der Waals surface area contributed by atoms with Gasteiger partial charge in [0.2, 0.25) is 0 Å². The molecule has 1 amide bonds. The summed E-state index contributed by atoms with van der Waals surface area (Å²) in [6.45, 7) is 0. The maximum atomic E-state index is 12.7. The molecule has 0 spiro atoms. The van der Waals surface area contributed by atoms with Gasteiger partial charge in [0.1, 0.15) is 5.75 Å². The van der Waals surface area contributed by atoms with Crippen molar-refractivity contribution < 1.29 is 17.9 Å². The number of methoxy groups -OCH3 is 1. The number of anilines is 1. The molecule has 0 aliphatic rings. The van der Waals surface area contributed by atoms with Crippen LogP contribution in [0, 0.1) is 0 Å². The average molecular weight is 478 g/mol. The number of sulfonamides is 1. The number of benzene rings is 3. The summed E-state index contributed by atoms with van der Waals surface area (Å²) in [7, 11) is -2.38. The van der Waals surface area contributed by atoms with Gasteiger partial charge in [0, 0.05) is 21.8 Å². The van der Waals surface area contributed by atoms with Gasteiger partial charge in [-0.05, 0) is 54.6 Å². The van der Waals surface area contributed by atoms with Crippen LogP contribution in [0.4, 0.5) is 5.69 Å². The van der Waals surface area contributed by atoms with Crippen molar-refractivity contribution in [2.75, 3.05) is 11.8 Å². The van der Waals surface area contributed by atoms with Gasteiger partial charge in [-0.15, -0.1) is 0 Å². The molecule has 0 heterocycles. The molecule has 0 saturated carbocycles. The Labute approximate surface area is 189 Å². The van der Waals surface area contributed by atoms with Gasteiger partial charge in [-0.25, -0.2) is 13.8 Å². The zero-order valence-electron chi connectivity index (χ0n) is 16.2. The van der Waals surface area contributed by atoms with Crippen LogP contribution in [0.25, 0.3) is 0 Å². The molecule has 0 fully saturated rings. The minimum Gasteiger partial charge on any atom is -0.497 e. The fourth-order valence-corrected chi connectivity index (χ4v) is 4.07. The third-order valence-corrected chi connectivity index (χ3v) is 6.02. The number of nitrogens with zero attached hydrogens (tertiary/aromatic N) is 1. The van der Waals surface area contributed by atoms with Crippen LogP contribution in [0.2, 0.25) is 10.0 Å². The smallest absolute Gasteiger partial charge is 0.271 e. The van der Waals surface area contributed by atoms with E-state index in [1.54, 1.807) is 42.5 Å². The molecule has 3 aromatic carbocycles. The molecule has 3 rings (SSSR count). The molecule has 0 unspecified atom stereocenters. The summed E-state index contributed by atoms with van der Waals surface area (Å²) in [4.78, 5) is 12.3. The summed E-state index contributed by atoms with van der Waals surface area (Å²) in [5.41, 5.74) is 3.38. The monoisotopic (exact) mass is 477 g/mol. The Kier molecular flexibility index (Phi) is 7.17. The molecule has 0 atom stereocenters. The first kappa shape index (κ1) is 22.6. The first-order chi connectivity index (χ1) is 14.8. The Morgan fingerprint density at radius 3 is 2.45 bits per heavy atom. The van der Waals surface area contributed by atoms with Gasteiger partial charge >= 0.3 is 0 Å². The second-order valence-corrected chi connectivity index (χ2v) is 8.75. The molecule has 0 saturated heterocycles. The van der Waals surface area contributed by atoms with Crippen LogP contribution < -0.4 is 14.9 Å². The minimum absolute atomic E-state index is 0.0688. The van der Waals surface area contributed by atoms with E-state index in [0.717, 1.165) is 0 Å². The zero-order valence-corrected chi connectivity index (χ0v) is 18.5. The SMILES string of the molecule is COc1ccc(NS(=O)(=O)c2cccc(C(=O)N/N=C/c3ccc(Cl)cc3Cl)c2)cc1. The van der Waals surface area contributed by atoms with E-state index >= 15 is 0 Å². The molecule has 0 aromatic heterocycles. The van der Waals surface area contributed by atoms with E-state index < -0.39 is 15.9 Å². The predicted molar refractivity (Wildman–Crippen MR) is 122 cm³/mol. The van der Waals surface area contributed by atoms with Crippen LogP contribution in [0.5, 0.6) is 5.75 Å². The van der Waals surface area contributed by atoms with Crippen molar-refractivity contribution >= 4 is 51.0 Å². The number of carbonyl (C=O) groups is 1. The first-order valence-electron chi connectivity index (χ1n) is 8.84. The topological polar surface area (TPSA) is 96.9 Å². The normalized spacial score (nSPS) is 11.3. The highest BCUT2D eigenvalue weighted by Gasteiger charge is 2.16. The number of hydrogen-bond acceptors (Lipinski definition) is 5. The summed E-state index contributed by atoms with van der Waals surface area (Å²) in [6.07, 6.45) is 1.36. The maximum absolute atomic E-state index is 12.7. The molecule has 0 radical (unpaired) electrons. The lowest BCUT2D eigenvalue weighted by Crippen LogP contribution is -2.19. The van der Waals surface area contributed by atoms with E-state index in [1.165, 1.54) is 37.6 Å². The Bertz CT molecular complexity index is 1230. The van der Waals surface area contributed by atoms with Gasteiger partial charge in [0.15, 0.2) is 0 Å². The van der Waals surface area contributed by atoms with Crippen LogP contribution in [0.1, 0.15) is 15.9 Å². The number of carbonyl (C=O) groups excluding carboxylic acids is 1. The molecule has 0 bridgehead atoms. The van der Waals surface area contributed by atoms with Gasteiger partial charge in [0.25, 0.3) is 15.9 Å². The van der Waals surface area contributed by atoms with Crippen molar-refractivity contribution in [2.24, 2.45) is 5.10 Å². The molecule has 0 aliphatic carbocycles. The van der Waals surface area contributed by atoms with Crippen molar-refractivity contribution in [3.05, 3.63) is 87.9 Å². The highest BCUT2D eigenvalue weighted by molar-refractivity contribution is 7.92. The van der Waals surface area contributed by atoms with E-state index in [-0.39, 0.29) is 10.5 Å². The van der Waals surface area contributed by atoms with Gasteiger partial charge in [-0.3, -0.25) is 9.52 Å². The van der Waals surface area contributed by atoms with E-state index in [9.17, 15) is 13.2 Å². The number of amides is 1. The van der Waals surface area contributed by atoms with Crippen molar-refractivity contribution in [3.63, 3.8) is 0 Å². The summed E-state index contributed by atoms with van der Waals surface area (Å²) in [5, 5.41) is 4.71. The van der Waals surface area contributed by atoms with Crippen LogP contribution in [-0.4, -0.2) is 27.6 Å². The summed E-state index contributed by atoms with van der Waals surface area (Å²) in [5.74, 6) is 0.0184. The zero-order chi connectivity index (χ0) is 22.4. The quantitative estimate of drug-likeness (QED) is 0.384. The predicted octanol–water partition coefficient (Wildman–Crippen LogP) is 4.57. The number of rotatable bonds is 7. The van der Waals surface area contributed by atoms with Crippen molar-refractivity contribution in [1.29, 1.82) is 0 Å². The van der Waals surface area contributed by atoms with Crippen LogP contribution >= 0.6 is 23.2 Å². The fourth-order valence-electron chi connectivity index (χ4n) is 2.51. The van der Waals surface area contributed by atoms with Crippen molar-refractivity contribution in [1.82, 2.24) is 5.43 Å². The third-order valence-electron chi connectivity index (χ3n) is 4.08. The molecular weight excluding hydrogens is 461 g/mol. The third kappa shape index (κ3) is 5.97. The molecule has 0 aliphatic heterocycles. The lowest BCUT2D eigenvalue weighted by Gasteiger charge is -2.10. The van der Waals surface area contributed by atoms with Gasteiger partial charge < -0.3 is 4.74 Å². The van der Waals surface area contributed by atoms with E-state index in [0.29, 0.717) is 27.0 Å². The highest BCUT2D eigenvalue weighted by atomic mass is 35.5. The molecule has 3 aromatic rings. The molecule has 2 N–H and O–H groups in total. The Morgan fingerprint density at radius 1 is 1.03 bits per heavy atom. The summed E-state index contributed by atoms with van der Waals surface area (Å²) < 4.78 is 32.8. The van der Waals surface area contributed by atoms with Crippen LogP contribution in [0.15, 0.2) is 76.7 Å². The maximum Gasteiger partial charge on any atom is 0.271 e. The van der Waals surface area contributed by atoms with Gasteiger partial charge in [-0.2, -0.15) is 5.10 Å². The highest BCUT2D eigenvalue weighted by Crippen LogP contribution is 2.21. The summed E-state index contributed by atoms with van der Waals surface area (Å²) in [6, 6.07) is 16.8. The number of hydrogen-bond donors (Lipinski definition) is 2. The largest absolute Gasteiger partial charge is 0.497 e. The van der Waals surface area contributed by atoms with Gasteiger partial charge in [0.05, 0.1) is 23.2 Å². The number of halogens is 2. The lowest BCUT2D eigenvalue weighted by molar-refractivity contribution is 0.0955. The molecule has 31 heavy (non-hydrogen) atoms. The second kappa shape index (κ2) is 9.82. The fraction of sp³-hybridized carbons (Fsp3) is 0.0476. The lowest BCUT2D eigenvalue weighted by atomic mass is 10.2. The molecule has 7 nitrogen and oxygen atoms in total. The van der Waals surface area contributed by atoms with E-state index in [4.69, 9.17) is 27.9 Å². The summed E-state index contributed by atoms with van der Waals surface area (Å²) >= 11 is 11.9. The Balaban J connectivity index is 1.72. The number of ether oxygens (including phenoxy) is 1. The van der Waals surface area contributed by atoms with E-state index in [1.807, 2.05) is 0 Å².